The van der Waals surface area contributed by atoms with E-state index in [9.17, 15) is 9.90 Å². The number of amides is 1. The Morgan fingerprint density at radius 1 is 1.69 bits per heavy atom. The number of hydrogen-bond acceptors (Lipinski definition) is 3. The first-order valence-corrected chi connectivity index (χ1v) is 5.50. The Labute approximate surface area is 102 Å². The topological polar surface area (TPSA) is 73.1 Å². The lowest BCUT2D eigenvalue weighted by molar-refractivity contribution is 0.0940. The fourth-order valence-corrected chi connectivity index (χ4v) is 1.40. The van der Waals surface area contributed by atoms with E-state index in [0.29, 0.717) is 10.0 Å². The molecule has 84 valence electrons. The summed E-state index contributed by atoms with van der Waals surface area (Å²) in [6, 6.07) is 6.33. The first-order chi connectivity index (χ1) is 7.54. The van der Waals surface area contributed by atoms with Gasteiger partial charge in [-0.2, -0.15) is 5.26 Å². The number of hydrogen-bond donors (Lipinski definition) is 2. The van der Waals surface area contributed by atoms with E-state index in [0.717, 1.165) is 0 Å². The number of carbonyl (C=O) groups is 1. The van der Waals surface area contributed by atoms with Crippen molar-refractivity contribution in [2.45, 2.75) is 19.4 Å². The normalized spacial score (nSPS) is 11.6. The highest BCUT2D eigenvalue weighted by molar-refractivity contribution is 9.10. The molecule has 1 atom stereocenters. The number of nitrogens with zero attached hydrogens (tertiary/aromatic N) is 1. The number of benzene rings is 1. The first-order valence-electron chi connectivity index (χ1n) is 4.71. The summed E-state index contributed by atoms with van der Waals surface area (Å²) < 4.78 is 0.536. The molecule has 0 saturated carbocycles. The average molecular weight is 283 g/mol. The Bertz CT molecular complexity index is 440. The number of phenols is 1. The van der Waals surface area contributed by atoms with E-state index in [4.69, 9.17) is 5.26 Å². The second-order valence-electron chi connectivity index (χ2n) is 3.40. The third kappa shape index (κ3) is 3.24. The summed E-state index contributed by atoms with van der Waals surface area (Å²) in [6.07, 6.45) is 0.258. The maximum absolute atomic E-state index is 11.6. The monoisotopic (exact) mass is 282 g/mol. The second kappa shape index (κ2) is 5.52. The summed E-state index contributed by atoms with van der Waals surface area (Å²) >= 11 is 3.13. The van der Waals surface area contributed by atoms with Gasteiger partial charge in [0.2, 0.25) is 0 Å². The van der Waals surface area contributed by atoms with Gasteiger partial charge in [0, 0.05) is 11.6 Å². The highest BCUT2D eigenvalue weighted by Crippen LogP contribution is 2.24. The van der Waals surface area contributed by atoms with Crippen molar-refractivity contribution >= 4 is 21.8 Å². The first kappa shape index (κ1) is 12.5. The maximum atomic E-state index is 11.6. The number of nitriles is 1. The van der Waals surface area contributed by atoms with Crippen molar-refractivity contribution in [2.75, 3.05) is 0 Å². The van der Waals surface area contributed by atoms with E-state index in [2.05, 4.69) is 21.2 Å². The molecule has 1 rings (SSSR count). The van der Waals surface area contributed by atoms with Crippen molar-refractivity contribution in [1.29, 1.82) is 5.26 Å². The molecular formula is C11H11BrN2O2. The molecule has 2 N–H and O–H groups in total. The predicted octanol–water partition coefficient (Wildman–Crippen LogP) is 2.19. The summed E-state index contributed by atoms with van der Waals surface area (Å²) in [4.78, 5) is 11.6. The number of rotatable bonds is 3. The summed E-state index contributed by atoms with van der Waals surface area (Å²) in [5, 5.41) is 20.5. The molecule has 0 heterocycles. The molecule has 0 radical (unpaired) electrons. The molecule has 0 saturated heterocycles. The maximum Gasteiger partial charge on any atom is 0.251 e. The Morgan fingerprint density at radius 3 is 2.94 bits per heavy atom. The summed E-state index contributed by atoms with van der Waals surface area (Å²) in [7, 11) is 0. The summed E-state index contributed by atoms with van der Waals surface area (Å²) in [5.74, 6) is -0.286. The van der Waals surface area contributed by atoms with Gasteiger partial charge in [-0.1, -0.05) is 0 Å². The smallest absolute Gasteiger partial charge is 0.251 e. The lowest BCUT2D eigenvalue weighted by Crippen LogP contribution is -2.32. The van der Waals surface area contributed by atoms with E-state index in [-0.39, 0.29) is 24.1 Å². The molecule has 16 heavy (non-hydrogen) atoms. The molecule has 1 aromatic carbocycles. The zero-order valence-corrected chi connectivity index (χ0v) is 10.3. The van der Waals surface area contributed by atoms with Crippen molar-refractivity contribution in [3.63, 3.8) is 0 Å². The molecule has 0 aliphatic carbocycles. The second-order valence-corrected chi connectivity index (χ2v) is 4.26. The van der Waals surface area contributed by atoms with Crippen LogP contribution in [0.3, 0.4) is 0 Å². The van der Waals surface area contributed by atoms with Gasteiger partial charge in [-0.3, -0.25) is 4.79 Å². The quantitative estimate of drug-likeness (QED) is 0.893. The van der Waals surface area contributed by atoms with E-state index >= 15 is 0 Å². The van der Waals surface area contributed by atoms with E-state index in [1.807, 2.05) is 6.07 Å². The van der Waals surface area contributed by atoms with Crippen molar-refractivity contribution in [1.82, 2.24) is 5.32 Å². The van der Waals surface area contributed by atoms with Crippen LogP contribution in [0.5, 0.6) is 5.75 Å². The van der Waals surface area contributed by atoms with Crippen molar-refractivity contribution < 1.29 is 9.90 Å². The minimum Gasteiger partial charge on any atom is -0.507 e. The Morgan fingerprint density at radius 2 is 2.38 bits per heavy atom. The minimum atomic E-state index is -0.300. The largest absolute Gasteiger partial charge is 0.507 e. The molecule has 0 aliphatic rings. The van der Waals surface area contributed by atoms with Crippen LogP contribution in [0.1, 0.15) is 23.7 Å². The van der Waals surface area contributed by atoms with Crippen molar-refractivity contribution in [3.8, 4) is 11.8 Å². The Hall–Kier alpha value is -1.54. The van der Waals surface area contributed by atoms with Crippen LogP contribution in [-0.4, -0.2) is 17.1 Å². The number of carbonyl (C=O) groups excluding carboxylic acids is 1. The average Bonchev–Trinajstić information content (AvgIpc) is 2.22. The molecule has 0 fully saturated rings. The molecule has 1 aromatic rings. The van der Waals surface area contributed by atoms with E-state index < -0.39 is 0 Å². The van der Waals surface area contributed by atoms with Crippen LogP contribution in [-0.2, 0) is 0 Å². The molecule has 0 aromatic heterocycles. The zero-order chi connectivity index (χ0) is 12.1. The Balaban J connectivity index is 2.74. The van der Waals surface area contributed by atoms with Gasteiger partial charge in [0.25, 0.3) is 5.91 Å². The molecule has 1 amide bonds. The predicted molar refractivity (Wildman–Crippen MR) is 63.0 cm³/mol. The highest BCUT2D eigenvalue weighted by atomic mass is 79.9. The number of phenolic OH excluding ortho intramolecular Hbond substituents is 1. The van der Waals surface area contributed by atoms with Crippen LogP contribution < -0.4 is 5.32 Å². The van der Waals surface area contributed by atoms with Crippen LogP contribution in [0.15, 0.2) is 22.7 Å². The van der Waals surface area contributed by atoms with Gasteiger partial charge < -0.3 is 10.4 Å². The molecule has 0 aliphatic heterocycles. The molecule has 4 nitrogen and oxygen atoms in total. The molecule has 1 unspecified atom stereocenters. The van der Waals surface area contributed by atoms with Gasteiger partial charge >= 0.3 is 0 Å². The fraction of sp³-hybridized carbons (Fsp3) is 0.273. The van der Waals surface area contributed by atoms with Gasteiger partial charge in [-0.15, -0.1) is 0 Å². The van der Waals surface area contributed by atoms with Gasteiger partial charge in [0.05, 0.1) is 17.0 Å². The SMILES string of the molecule is CC(CC#N)NC(=O)c1ccc(Br)c(O)c1. The number of halogens is 1. The van der Waals surface area contributed by atoms with Crippen LogP contribution in [0, 0.1) is 11.3 Å². The van der Waals surface area contributed by atoms with E-state index in [1.165, 1.54) is 6.07 Å². The molecular weight excluding hydrogens is 272 g/mol. The van der Waals surface area contributed by atoms with Gasteiger partial charge in [-0.05, 0) is 41.1 Å². The third-order valence-corrected chi connectivity index (χ3v) is 2.65. The number of nitrogens with one attached hydrogen (secondary N) is 1. The molecule has 0 bridgehead atoms. The van der Waals surface area contributed by atoms with Gasteiger partial charge in [-0.25, -0.2) is 0 Å². The summed E-state index contributed by atoms with van der Waals surface area (Å²) in [6.45, 7) is 1.75. The standard InChI is InChI=1S/C11H11BrN2O2/c1-7(4-5-13)14-11(16)8-2-3-9(12)10(15)6-8/h2-3,6-7,15H,4H2,1H3,(H,14,16). The van der Waals surface area contributed by atoms with Crippen molar-refractivity contribution in [2.24, 2.45) is 0 Å². The zero-order valence-electron chi connectivity index (χ0n) is 8.70. The molecule has 5 heteroatoms. The van der Waals surface area contributed by atoms with Crippen LogP contribution >= 0.6 is 15.9 Å². The van der Waals surface area contributed by atoms with Crippen molar-refractivity contribution in [3.05, 3.63) is 28.2 Å². The number of aromatic hydroxyl groups is 1. The minimum absolute atomic E-state index is 0.0144. The van der Waals surface area contributed by atoms with Gasteiger partial charge in [0.15, 0.2) is 0 Å². The van der Waals surface area contributed by atoms with E-state index in [1.54, 1.807) is 19.1 Å². The van der Waals surface area contributed by atoms with Gasteiger partial charge in [0.1, 0.15) is 5.75 Å². The molecule has 0 spiro atoms. The van der Waals surface area contributed by atoms with Crippen LogP contribution in [0.2, 0.25) is 0 Å². The Kier molecular flexibility index (Phi) is 4.32. The fourth-order valence-electron chi connectivity index (χ4n) is 1.15. The lowest BCUT2D eigenvalue weighted by Gasteiger charge is -2.10. The summed E-state index contributed by atoms with van der Waals surface area (Å²) in [5.41, 5.74) is 0.366. The lowest BCUT2D eigenvalue weighted by atomic mass is 10.2. The third-order valence-electron chi connectivity index (χ3n) is 1.98. The van der Waals surface area contributed by atoms with Crippen LogP contribution in [0.4, 0.5) is 0 Å². The van der Waals surface area contributed by atoms with Crippen LogP contribution in [0.25, 0.3) is 0 Å². The highest BCUT2D eigenvalue weighted by Gasteiger charge is 2.10.